The van der Waals surface area contributed by atoms with E-state index in [1.165, 1.54) is 12.1 Å². The van der Waals surface area contributed by atoms with Crippen LogP contribution in [0.4, 0.5) is 5.69 Å². The number of rotatable bonds is 6. The quantitative estimate of drug-likeness (QED) is 0.799. The van der Waals surface area contributed by atoms with Gasteiger partial charge in [0.1, 0.15) is 5.75 Å². The third kappa shape index (κ3) is 5.23. The number of benzene rings is 2. The van der Waals surface area contributed by atoms with Crippen molar-refractivity contribution in [1.82, 2.24) is 0 Å². The predicted octanol–water partition coefficient (Wildman–Crippen LogP) is 3.41. The first-order chi connectivity index (χ1) is 12.0. The summed E-state index contributed by atoms with van der Waals surface area (Å²) in [5.74, 6) is -0.489. The average molecular weight is 359 g/mol. The molecule has 1 amide bonds. The summed E-state index contributed by atoms with van der Waals surface area (Å²) in [7, 11) is 0. The Morgan fingerprint density at radius 3 is 2.52 bits per heavy atom. The molecule has 2 aromatic rings. The fourth-order valence-corrected chi connectivity index (χ4v) is 2.17. The number of hydrogen-bond acceptors (Lipinski definition) is 5. The second kappa shape index (κ2) is 8.71. The van der Waals surface area contributed by atoms with Crippen LogP contribution in [0.25, 0.3) is 0 Å². The lowest BCUT2D eigenvalue weighted by Crippen LogP contribution is -2.20. The largest absolute Gasteiger partial charge is 0.482 e. The van der Waals surface area contributed by atoms with E-state index >= 15 is 0 Å². The maximum atomic E-state index is 11.9. The van der Waals surface area contributed by atoms with Crippen LogP contribution in [0.3, 0.4) is 0 Å². The smallest absolute Gasteiger partial charge is 0.338 e. The molecule has 0 saturated carbocycles. The van der Waals surface area contributed by atoms with Gasteiger partial charge in [-0.05, 0) is 49.4 Å². The van der Waals surface area contributed by atoms with Crippen molar-refractivity contribution in [3.63, 3.8) is 0 Å². The van der Waals surface area contributed by atoms with Gasteiger partial charge in [-0.3, -0.25) is 4.79 Å². The lowest BCUT2D eigenvalue weighted by Gasteiger charge is -2.09. The zero-order chi connectivity index (χ0) is 18.2. The fourth-order valence-electron chi connectivity index (χ4n) is 1.93. The van der Waals surface area contributed by atoms with Gasteiger partial charge in [-0.15, -0.1) is 0 Å². The van der Waals surface area contributed by atoms with Crippen molar-refractivity contribution in [3.05, 3.63) is 58.6 Å². The highest BCUT2D eigenvalue weighted by molar-refractivity contribution is 6.32. The molecule has 0 spiro atoms. The summed E-state index contributed by atoms with van der Waals surface area (Å²) in [6, 6.07) is 12.8. The number of carbonyl (C=O) groups excluding carboxylic acids is 2. The van der Waals surface area contributed by atoms with Gasteiger partial charge in [0.05, 0.1) is 28.8 Å². The van der Waals surface area contributed by atoms with E-state index in [1.807, 2.05) is 6.07 Å². The minimum absolute atomic E-state index is 0.245. The Kier molecular flexibility index (Phi) is 6.38. The summed E-state index contributed by atoms with van der Waals surface area (Å²) in [5.41, 5.74) is 1.33. The molecule has 128 valence electrons. The second-order valence-electron chi connectivity index (χ2n) is 4.89. The fraction of sp³-hybridized carbons (Fsp3) is 0.167. The minimum atomic E-state index is -0.417. The number of ether oxygens (including phenoxy) is 2. The first-order valence-corrected chi connectivity index (χ1v) is 7.80. The molecule has 7 heteroatoms. The number of halogens is 1. The third-order valence-electron chi connectivity index (χ3n) is 3.10. The van der Waals surface area contributed by atoms with E-state index in [1.54, 1.807) is 37.3 Å². The van der Waals surface area contributed by atoms with Crippen molar-refractivity contribution in [2.24, 2.45) is 0 Å². The van der Waals surface area contributed by atoms with Gasteiger partial charge in [0.2, 0.25) is 0 Å². The average Bonchev–Trinajstić information content (AvgIpc) is 2.61. The first kappa shape index (κ1) is 18.3. The Morgan fingerprint density at radius 2 is 1.92 bits per heavy atom. The van der Waals surface area contributed by atoms with E-state index in [0.717, 1.165) is 0 Å². The lowest BCUT2D eigenvalue weighted by molar-refractivity contribution is -0.118. The molecule has 0 fully saturated rings. The molecule has 0 aromatic heterocycles. The highest BCUT2D eigenvalue weighted by atomic mass is 35.5. The lowest BCUT2D eigenvalue weighted by atomic mass is 10.2. The van der Waals surface area contributed by atoms with Gasteiger partial charge in [0.25, 0.3) is 5.91 Å². The predicted molar refractivity (Wildman–Crippen MR) is 92.7 cm³/mol. The molecule has 1 N–H and O–H groups in total. The summed E-state index contributed by atoms with van der Waals surface area (Å²) in [6.45, 7) is 1.78. The second-order valence-corrected chi connectivity index (χ2v) is 5.30. The molecule has 0 aliphatic heterocycles. The Balaban J connectivity index is 1.90. The molecule has 2 aromatic carbocycles. The van der Waals surface area contributed by atoms with Crippen LogP contribution in [-0.2, 0) is 9.53 Å². The van der Waals surface area contributed by atoms with Crippen LogP contribution in [0.2, 0.25) is 5.02 Å². The number of nitriles is 1. The first-order valence-electron chi connectivity index (χ1n) is 7.43. The number of carbonyl (C=O) groups is 2. The molecular formula is C18H15ClN2O4. The van der Waals surface area contributed by atoms with Crippen molar-refractivity contribution in [2.45, 2.75) is 6.92 Å². The highest BCUT2D eigenvalue weighted by Crippen LogP contribution is 2.25. The number of nitrogens with zero attached hydrogens (tertiary/aromatic N) is 1. The molecule has 0 aliphatic carbocycles. The summed E-state index contributed by atoms with van der Waals surface area (Å²) < 4.78 is 10.2. The van der Waals surface area contributed by atoms with Gasteiger partial charge in [-0.1, -0.05) is 11.6 Å². The molecule has 6 nitrogen and oxygen atoms in total. The maximum Gasteiger partial charge on any atom is 0.338 e. The van der Waals surface area contributed by atoms with Crippen LogP contribution in [0.5, 0.6) is 5.75 Å². The van der Waals surface area contributed by atoms with E-state index in [-0.39, 0.29) is 17.5 Å². The van der Waals surface area contributed by atoms with E-state index in [2.05, 4.69) is 5.32 Å². The van der Waals surface area contributed by atoms with Crippen molar-refractivity contribution in [1.29, 1.82) is 5.26 Å². The zero-order valence-corrected chi connectivity index (χ0v) is 14.2. The Bertz CT molecular complexity index is 813. The summed E-state index contributed by atoms with van der Waals surface area (Å²) in [5, 5.41) is 11.7. The third-order valence-corrected chi connectivity index (χ3v) is 3.39. The van der Waals surface area contributed by atoms with Gasteiger partial charge in [-0.2, -0.15) is 5.26 Å². The molecule has 0 radical (unpaired) electrons. The number of nitrogens with one attached hydrogen (secondary N) is 1. The molecule has 0 heterocycles. The molecule has 0 bridgehead atoms. The minimum Gasteiger partial charge on any atom is -0.482 e. The van der Waals surface area contributed by atoms with Crippen LogP contribution in [0.1, 0.15) is 22.8 Å². The topological polar surface area (TPSA) is 88.4 Å². The number of anilines is 1. The Labute approximate surface area is 149 Å². The van der Waals surface area contributed by atoms with Crippen LogP contribution in [-0.4, -0.2) is 25.1 Å². The van der Waals surface area contributed by atoms with Gasteiger partial charge in [0, 0.05) is 5.69 Å². The molecule has 0 atom stereocenters. The molecule has 0 saturated heterocycles. The summed E-state index contributed by atoms with van der Waals surface area (Å²) in [4.78, 5) is 23.5. The number of hydrogen-bond donors (Lipinski definition) is 1. The van der Waals surface area contributed by atoms with Crippen molar-refractivity contribution < 1.29 is 19.1 Å². The van der Waals surface area contributed by atoms with E-state index < -0.39 is 5.97 Å². The molecular weight excluding hydrogens is 344 g/mol. The van der Waals surface area contributed by atoms with Crippen LogP contribution in [0.15, 0.2) is 42.5 Å². The maximum absolute atomic E-state index is 11.9. The molecule has 2 rings (SSSR count). The van der Waals surface area contributed by atoms with Crippen molar-refractivity contribution in [3.8, 4) is 11.8 Å². The van der Waals surface area contributed by atoms with E-state index in [9.17, 15) is 9.59 Å². The molecule has 0 unspecified atom stereocenters. The van der Waals surface area contributed by atoms with Crippen LogP contribution < -0.4 is 10.1 Å². The Morgan fingerprint density at radius 1 is 1.20 bits per heavy atom. The SMILES string of the molecule is CCOC(=O)c1ccc(NC(=O)COc2ccc(C#N)cc2Cl)cc1. The zero-order valence-electron chi connectivity index (χ0n) is 13.4. The summed E-state index contributed by atoms with van der Waals surface area (Å²) in [6.07, 6.45) is 0. The highest BCUT2D eigenvalue weighted by Gasteiger charge is 2.09. The van der Waals surface area contributed by atoms with Gasteiger partial charge in [-0.25, -0.2) is 4.79 Å². The standard InChI is InChI=1S/C18H15ClN2O4/c1-2-24-18(23)13-4-6-14(7-5-13)21-17(22)11-25-16-8-3-12(10-20)9-15(16)19/h3-9H,2,11H2,1H3,(H,21,22). The van der Waals surface area contributed by atoms with Crippen molar-refractivity contribution in [2.75, 3.05) is 18.5 Å². The number of esters is 1. The number of amides is 1. The van der Waals surface area contributed by atoms with E-state index in [0.29, 0.717) is 29.2 Å². The summed E-state index contributed by atoms with van der Waals surface area (Å²) >= 11 is 5.97. The normalized spacial score (nSPS) is 9.80. The van der Waals surface area contributed by atoms with Gasteiger partial charge in [0.15, 0.2) is 6.61 Å². The van der Waals surface area contributed by atoms with Gasteiger partial charge < -0.3 is 14.8 Å². The monoisotopic (exact) mass is 358 g/mol. The van der Waals surface area contributed by atoms with Crippen molar-refractivity contribution >= 4 is 29.2 Å². The van der Waals surface area contributed by atoms with Gasteiger partial charge >= 0.3 is 5.97 Å². The van der Waals surface area contributed by atoms with Crippen LogP contribution in [0, 0.1) is 11.3 Å². The Hall–Kier alpha value is -3.04. The van der Waals surface area contributed by atoms with E-state index in [4.69, 9.17) is 26.3 Å². The van der Waals surface area contributed by atoms with Crippen LogP contribution >= 0.6 is 11.6 Å². The molecule has 0 aliphatic rings. The molecule has 25 heavy (non-hydrogen) atoms.